The van der Waals surface area contributed by atoms with E-state index in [1.807, 2.05) is 4.90 Å². The average molecular weight is 213 g/mol. The number of nitrogens with zero attached hydrogens (tertiary/aromatic N) is 1. The van der Waals surface area contributed by atoms with Gasteiger partial charge < -0.3 is 16.0 Å². The summed E-state index contributed by atoms with van der Waals surface area (Å²) >= 11 is 0. The lowest BCUT2D eigenvalue weighted by Crippen LogP contribution is -2.44. The Morgan fingerprint density at radius 1 is 1.40 bits per heavy atom. The first-order valence-corrected chi connectivity index (χ1v) is 5.87. The summed E-state index contributed by atoms with van der Waals surface area (Å²) in [6, 6.07) is 0.503. The van der Waals surface area contributed by atoms with Crippen LogP contribution in [0.3, 0.4) is 0 Å². The lowest BCUT2D eigenvalue weighted by molar-refractivity contribution is -0.130. The monoisotopic (exact) mass is 213 g/mol. The van der Waals surface area contributed by atoms with Gasteiger partial charge in [-0.3, -0.25) is 4.79 Å². The first kappa shape index (κ1) is 12.5. The minimum atomic E-state index is 0.123. The highest BCUT2D eigenvalue weighted by Gasteiger charge is 2.21. The number of carbonyl (C=O) groups excluding carboxylic acids is 1. The molecule has 0 aromatic rings. The molecule has 1 fully saturated rings. The van der Waals surface area contributed by atoms with Gasteiger partial charge in [0.15, 0.2) is 0 Å². The number of carbonyl (C=O) groups is 1. The Balaban J connectivity index is 2.33. The molecule has 1 rings (SSSR count). The van der Waals surface area contributed by atoms with Crippen LogP contribution in [0, 0.1) is 0 Å². The van der Waals surface area contributed by atoms with Crippen molar-refractivity contribution in [1.29, 1.82) is 0 Å². The van der Waals surface area contributed by atoms with Crippen molar-refractivity contribution >= 4 is 5.91 Å². The van der Waals surface area contributed by atoms with E-state index >= 15 is 0 Å². The van der Waals surface area contributed by atoms with E-state index in [0.717, 1.165) is 25.9 Å². The summed E-state index contributed by atoms with van der Waals surface area (Å²) in [5.41, 5.74) is 5.63. The highest BCUT2D eigenvalue weighted by atomic mass is 16.2. The summed E-state index contributed by atoms with van der Waals surface area (Å²) in [5.74, 6) is 0.246. The van der Waals surface area contributed by atoms with Crippen molar-refractivity contribution in [3.05, 3.63) is 0 Å². The van der Waals surface area contributed by atoms with Crippen LogP contribution in [0.4, 0.5) is 0 Å². The first-order valence-electron chi connectivity index (χ1n) is 5.87. The van der Waals surface area contributed by atoms with Crippen LogP contribution in [-0.2, 0) is 4.79 Å². The van der Waals surface area contributed by atoms with E-state index in [0.29, 0.717) is 19.0 Å². The van der Waals surface area contributed by atoms with E-state index in [9.17, 15) is 4.79 Å². The summed E-state index contributed by atoms with van der Waals surface area (Å²) < 4.78 is 0. The van der Waals surface area contributed by atoms with Gasteiger partial charge in [-0.2, -0.15) is 0 Å². The Bertz CT molecular complexity index is 200. The maximum Gasteiger partial charge on any atom is 0.224 e. The minimum Gasteiger partial charge on any atom is -0.343 e. The fourth-order valence-electron chi connectivity index (χ4n) is 1.99. The zero-order valence-electron chi connectivity index (χ0n) is 9.83. The fraction of sp³-hybridized carbons (Fsp3) is 0.909. The zero-order chi connectivity index (χ0) is 11.3. The quantitative estimate of drug-likeness (QED) is 0.691. The molecule has 1 heterocycles. The topological polar surface area (TPSA) is 58.4 Å². The molecule has 0 aromatic heterocycles. The van der Waals surface area contributed by atoms with Gasteiger partial charge in [0.25, 0.3) is 0 Å². The molecule has 4 heteroatoms. The summed E-state index contributed by atoms with van der Waals surface area (Å²) in [7, 11) is 0. The Hall–Kier alpha value is -0.610. The van der Waals surface area contributed by atoms with Gasteiger partial charge in [0.1, 0.15) is 0 Å². The van der Waals surface area contributed by atoms with Gasteiger partial charge >= 0.3 is 0 Å². The molecule has 0 aliphatic carbocycles. The average Bonchev–Trinajstić information content (AvgIpc) is 2.68. The lowest BCUT2D eigenvalue weighted by Gasteiger charge is -2.22. The number of nitrogens with one attached hydrogen (secondary N) is 1. The predicted octanol–water partition coefficient (Wildman–Crippen LogP) is 0.324. The molecule has 1 atom stereocenters. The maximum atomic E-state index is 11.8. The molecule has 88 valence electrons. The third-order valence-electron chi connectivity index (χ3n) is 2.73. The molecule has 0 aromatic carbocycles. The molecular weight excluding hydrogens is 190 g/mol. The summed E-state index contributed by atoms with van der Waals surface area (Å²) in [5, 5.41) is 3.31. The molecule has 0 spiro atoms. The molecular formula is C11H23N3O. The van der Waals surface area contributed by atoms with Crippen LogP contribution in [0.15, 0.2) is 0 Å². The van der Waals surface area contributed by atoms with Crippen LogP contribution in [0.5, 0.6) is 0 Å². The van der Waals surface area contributed by atoms with E-state index in [1.54, 1.807) is 0 Å². The van der Waals surface area contributed by atoms with Gasteiger partial charge in [-0.25, -0.2) is 0 Å². The van der Waals surface area contributed by atoms with Gasteiger partial charge in [0, 0.05) is 38.1 Å². The van der Waals surface area contributed by atoms with Gasteiger partial charge in [-0.1, -0.05) is 13.8 Å². The summed E-state index contributed by atoms with van der Waals surface area (Å²) in [4.78, 5) is 13.8. The molecule has 0 bridgehead atoms. The second-order valence-corrected chi connectivity index (χ2v) is 4.55. The number of rotatable bonds is 5. The van der Waals surface area contributed by atoms with Crippen LogP contribution >= 0.6 is 0 Å². The van der Waals surface area contributed by atoms with Crippen molar-refractivity contribution in [2.75, 3.05) is 19.6 Å². The minimum absolute atomic E-state index is 0.123. The largest absolute Gasteiger partial charge is 0.343 e. The normalized spacial score (nSPS) is 18.5. The molecule has 1 saturated heterocycles. The molecule has 0 radical (unpaired) electrons. The summed E-state index contributed by atoms with van der Waals surface area (Å²) in [6.07, 6.45) is 2.84. The lowest BCUT2D eigenvalue weighted by atomic mass is 10.1. The van der Waals surface area contributed by atoms with Gasteiger partial charge in [-0.15, -0.1) is 0 Å². The van der Waals surface area contributed by atoms with Crippen molar-refractivity contribution in [3.8, 4) is 0 Å². The molecule has 4 nitrogen and oxygen atoms in total. The van der Waals surface area contributed by atoms with Crippen molar-refractivity contribution in [2.45, 2.75) is 45.2 Å². The van der Waals surface area contributed by atoms with Crippen LogP contribution in [0.1, 0.15) is 33.1 Å². The van der Waals surface area contributed by atoms with Crippen LogP contribution in [0.25, 0.3) is 0 Å². The highest BCUT2D eigenvalue weighted by Crippen LogP contribution is 2.09. The first-order chi connectivity index (χ1) is 7.13. The summed E-state index contributed by atoms with van der Waals surface area (Å²) in [6.45, 7) is 6.53. The number of hydrogen-bond donors (Lipinski definition) is 2. The third kappa shape index (κ3) is 4.18. The molecule has 1 unspecified atom stereocenters. The van der Waals surface area contributed by atoms with Gasteiger partial charge in [-0.05, 0) is 12.8 Å². The van der Waals surface area contributed by atoms with E-state index in [2.05, 4.69) is 19.2 Å². The number of likely N-dealkylation sites (tertiary alicyclic amines) is 1. The molecule has 15 heavy (non-hydrogen) atoms. The van der Waals surface area contributed by atoms with Gasteiger partial charge in [0.05, 0.1) is 0 Å². The van der Waals surface area contributed by atoms with Crippen molar-refractivity contribution in [3.63, 3.8) is 0 Å². The number of nitrogens with two attached hydrogens (primary N) is 1. The standard InChI is InChI=1S/C11H23N3O/c1-9(2)13-10(8-12)7-11(15)14-5-3-4-6-14/h9-10,13H,3-8,12H2,1-2H3. The molecule has 3 N–H and O–H groups in total. The van der Waals surface area contributed by atoms with Crippen LogP contribution in [-0.4, -0.2) is 42.5 Å². The maximum absolute atomic E-state index is 11.8. The third-order valence-corrected chi connectivity index (χ3v) is 2.73. The molecule has 1 amide bonds. The highest BCUT2D eigenvalue weighted by molar-refractivity contribution is 5.77. The van der Waals surface area contributed by atoms with E-state index < -0.39 is 0 Å². The predicted molar refractivity (Wildman–Crippen MR) is 61.5 cm³/mol. The molecule has 1 aliphatic rings. The van der Waals surface area contributed by atoms with E-state index in [4.69, 9.17) is 5.73 Å². The second kappa shape index (κ2) is 6.08. The van der Waals surface area contributed by atoms with E-state index in [1.165, 1.54) is 0 Å². The van der Waals surface area contributed by atoms with Crippen molar-refractivity contribution < 1.29 is 4.79 Å². The SMILES string of the molecule is CC(C)NC(CN)CC(=O)N1CCCC1. The Morgan fingerprint density at radius 2 is 2.00 bits per heavy atom. The van der Waals surface area contributed by atoms with Gasteiger partial charge in [0.2, 0.25) is 5.91 Å². The molecule has 0 saturated carbocycles. The van der Waals surface area contributed by atoms with Crippen molar-refractivity contribution in [1.82, 2.24) is 10.2 Å². The zero-order valence-corrected chi connectivity index (χ0v) is 9.83. The van der Waals surface area contributed by atoms with E-state index in [-0.39, 0.29) is 11.9 Å². The number of hydrogen-bond acceptors (Lipinski definition) is 3. The molecule has 1 aliphatic heterocycles. The Kier molecular flexibility index (Phi) is 5.05. The Morgan fingerprint density at radius 3 is 2.47 bits per heavy atom. The Labute approximate surface area is 92.2 Å². The fourth-order valence-corrected chi connectivity index (χ4v) is 1.99. The number of amides is 1. The second-order valence-electron chi connectivity index (χ2n) is 4.55. The van der Waals surface area contributed by atoms with Crippen molar-refractivity contribution in [2.24, 2.45) is 5.73 Å². The smallest absolute Gasteiger partial charge is 0.224 e. The van der Waals surface area contributed by atoms with Crippen LogP contribution in [0.2, 0.25) is 0 Å². The van der Waals surface area contributed by atoms with Crippen LogP contribution < -0.4 is 11.1 Å².